The first-order valence-corrected chi connectivity index (χ1v) is 8.60. The second-order valence-corrected chi connectivity index (χ2v) is 6.29. The van der Waals surface area contributed by atoms with Crippen molar-refractivity contribution >= 4 is 24.0 Å². The van der Waals surface area contributed by atoms with Crippen LogP contribution >= 0.6 is 0 Å². The summed E-state index contributed by atoms with van der Waals surface area (Å²) in [6.45, 7) is 13.0. The van der Waals surface area contributed by atoms with E-state index in [1.807, 2.05) is 48.4 Å². The highest BCUT2D eigenvalue weighted by Gasteiger charge is 2.06. The molecule has 2 aromatic heterocycles. The van der Waals surface area contributed by atoms with Gasteiger partial charge < -0.3 is 10.3 Å². The quantitative estimate of drug-likeness (QED) is 0.719. The molecule has 4 nitrogen and oxygen atoms in total. The lowest BCUT2D eigenvalue weighted by Gasteiger charge is -2.06. The number of rotatable bonds is 6. The molecule has 1 aromatic carbocycles. The molecule has 132 valence electrons. The molecule has 2 N–H and O–H groups in total. The van der Waals surface area contributed by atoms with E-state index in [1.165, 1.54) is 11.1 Å². The Hall–Kier alpha value is -3.27. The van der Waals surface area contributed by atoms with Gasteiger partial charge in [0.1, 0.15) is 0 Å². The first-order valence-electron chi connectivity index (χ1n) is 8.60. The molecule has 0 amide bonds. The molecule has 0 saturated carbocycles. The lowest BCUT2D eigenvalue weighted by atomic mass is 10.2. The molecule has 0 aliphatic heterocycles. The second-order valence-electron chi connectivity index (χ2n) is 6.29. The maximum atomic E-state index is 4.44. The zero-order chi connectivity index (χ0) is 18.5. The van der Waals surface area contributed by atoms with Crippen molar-refractivity contribution in [1.29, 1.82) is 0 Å². The van der Waals surface area contributed by atoms with E-state index in [0.717, 1.165) is 34.1 Å². The largest absolute Gasteiger partial charge is 0.360 e. The molecule has 26 heavy (non-hydrogen) atoms. The van der Waals surface area contributed by atoms with Gasteiger partial charge in [0.2, 0.25) is 0 Å². The fourth-order valence-corrected chi connectivity index (χ4v) is 2.67. The Morgan fingerprint density at radius 2 is 2.08 bits per heavy atom. The Labute approximate surface area is 153 Å². The molecular formula is C22H24N4. The smallest absolute Gasteiger partial charge is 0.0659 e. The number of H-pyrrole nitrogens is 1. The van der Waals surface area contributed by atoms with E-state index in [2.05, 4.69) is 59.8 Å². The number of benzene rings is 1. The summed E-state index contributed by atoms with van der Waals surface area (Å²) in [4.78, 5) is 3.17. The van der Waals surface area contributed by atoms with Gasteiger partial charge in [0.05, 0.1) is 18.4 Å². The minimum absolute atomic E-state index is 0.737. The van der Waals surface area contributed by atoms with Gasteiger partial charge in [-0.25, -0.2) is 0 Å². The zero-order valence-corrected chi connectivity index (χ0v) is 15.3. The van der Waals surface area contributed by atoms with Gasteiger partial charge >= 0.3 is 0 Å². The first-order chi connectivity index (χ1) is 12.6. The Morgan fingerprint density at radius 1 is 1.31 bits per heavy atom. The molecule has 0 saturated heterocycles. The third-order valence-corrected chi connectivity index (χ3v) is 4.29. The SMILES string of the molecule is C=C(Nc1c[nH]c(=C)/c1=C\C(C)=C/C)c1cnn(Cc2ccccc2)c1. The highest BCUT2D eigenvalue weighted by molar-refractivity contribution is 5.75. The minimum Gasteiger partial charge on any atom is -0.360 e. The van der Waals surface area contributed by atoms with Crippen molar-refractivity contribution in [3.05, 3.63) is 88.8 Å². The van der Waals surface area contributed by atoms with Crippen molar-refractivity contribution < 1.29 is 0 Å². The molecule has 0 aliphatic carbocycles. The summed E-state index contributed by atoms with van der Waals surface area (Å²) in [7, 11) is 0. The van der Waals surface area contributed by atoms with E-state index < -0.39 is 0 Å². The Morgan fingerprint density at radius 3 is 2.81 bits per heavy atom. The van der Waals surface area contributed by atoms with Crippen LogP contribution in [0.4, 0.5) is 5.69 Å². The molecule has 0 bridgehead atoms. The summed E-state index contributed by atoms with van der Waals surface area (Å²) in [5.74, 6) is 0. The van der Waals surface area contributed by atoms with E-state index in [1.54, 1.807) is 0 Å². The van der Waals surface area contributed by atoms with Gasteiger partial charge in [-0.2, -0.15) is 5.10 Å². The minimum atomic E-state index is 0.737. The zero-order valence-electron chi connectivity index (χ0n) is 15.3. The average molecular weight is 344 g/mol. The third kappa shape index (κ3) is 4.03. The molecule has 0 fully saturated rings. The molecular weight excluding hydrogens is 320 g/mol. The number of anilines is 1. The van der Waals surface area contributed by atoms with Gasteiger partial charge in [0, 0.05) is 34.2 Å². The molecule has 0 unspecified atom stereocenters. The maximum Gasteiger partial charge on any atom is 0.0659 e. The lowest BCUT2D eigenvalue weighted by Crippen LogP contribution is -2.23. The van der Waals surface area contributed by atoms with Crippen LogP contribution in [0.25, 0.3) is 18.4 Å². The molecule has 2 heterocycles. The number of nitrogens with zero attached hydrogens (tertiary/aromatic N) is 2. The van der Waals surface area contributed by atoms with E-state index in [4.69, 9.17) is 0 Å². The summed E-state index contributed by atoms with van der Waals surface area (Å²) in [5, 5.41) is 9.74. The fraction of sp³-hybridized carbons (Fsp3) is 0.136. The topological polar surface area (TPSA) is 45.6 Å². The first kappa shape index (κ1) is 17.5. The number of nitrogens with one attached hydrogen (secondary N) is 2. The van der Waals surface area contributed by atoms with Crippen LogP contribution in [0.15, 0.2) is 67.2 Å². The highest BCUT2D eigenvalue weighted by Crippen LogP contribution is 2.14. The van der Waals surface area contributed by atoms with E-state index in [0.29, 0.717) is 0 Å². The summed E-state index contributed by atoms with van der Waals surface area (Å²) >= 11 is 0. The number of aromatic amines is 1. The van der Waals surface area contributed by atoms with Crippen LogP contribution < -0.4 is 15.9 Å². The van der Waals surface area contributed by atoms with Crippen molar-refractivity contribution in [2.24, 2.45) is 0 Å². The van der Waals surface area contributed by atoms with Gasteiger partial charge in [-0.1, -0.05) is 55.1 Å². The fourth-order valence-electron chi connectivity index (χ4n) is 2.67. The van der Waals surface area contributed by atoms with Gasteiger partial charge in [-0.05, 0) is 25.5 Å². The van der Waals surface area contributed by atoms with Gasteiger partial charge in [0.25, 0.3) is 0 Å². The van der Waals surface area contributed by atoms with Crippen LogP contribution in [0.1, 0.15) is 25.0 Å². The normalized spacial score (nSPS) is 12.4. The molecule has 3 aromatic rings. The maximum absolute atomic E-state index is 4.44. The van der Waals surface area contributed by atoms with Crippen molar-refractivity contribution in [2.45, 2.75) is 20.4 Å². The van der Waals surface area contributed by atoms with Crippen LogP contribution in [-0.2, 0) is 6.54 Å². The van der Waals surface area contributed by atoms with Crippen molar-refractivity contribution in [2.75, 3.05) is 5.32 Å². The van der Waals surface area contributed by atoms with Crippen LogP contribution in [0.2, 0.25) is 0 Å². The third-order valence-electron chi connectivity index (χ3n) is 4.29. The predicted octanol–water partition coefficient (Wildman–Crippen LogP) is 3.50. The molecule has 0 aliphatic rings. The molecule has 0 radical (unpaired) electrons. The van der Waals surface area contributed by atoms with E-state index in [-0.39, 0.29) is 0 Å². The summed E-state index contributed by atoms with van der Waals surface area (Å²) < 4.78 is 1.92. The molecule has 3 rings (SSSR count). The van der Waals surface area contributed by atoms with Crippen LogP contribution in [-0.4, -0.2) is 14.8 Å². The van der Waals surface area contributed by atoms with E-state index >= 15 is 0 Å². The standard InChI is InChI=1S/C22H24N4/c1-5-16(2)11-21-18(4)23-13-22(21)25-17(3)20-12-24-26(15-20)14-19-9-7-6-8-10-19/h5-13,15,23,25H,3-4,14H2,1-2H3/b16-5-,21-11+. The van der Waals surface area contributed by atoms with Crippen LogP contribution in [0, 0.1) is 0 Å². The number of allylic oxidation sites excluding steroid dienone is 2. The van der Waals surface area contributed by atoms with E-state index in [9.17, 15) is 0 Å². The molecule has 4 heteroatoms. The van der Waals surface area contributed by atoms with Gasteiger partial charge in [-0.3, -0.25) is 4.68 Å². The summed E-state index contributed by atoms with van der Waals surface area (Å²) in [6.07, 6.45) is 9.92. The molecule has 0 spiro atoms. The Bertz CT molecular complexity index is 1040. The monoisotopic (exact) mass is 344 g/mol. The van der Waals surface area contributed by atoms with Gasteiger partial charge in [0.15, 0.2) is 0 Å². The van der Waals surface area contributed by atoms with Crippen LogP contribution in [0.5, 0.6) is 0 Å². The Kier molecular flexibility index (Phi) is 5.23. The number of aromatic nitrogens is 3. The van der Waals surface area contributed by atoms with Crippen molar-refractivity contribution in [3.8, 4) is 0 Å². The number of hydrogen-bond acceptors (Lipinski definition) is 2. The predicted molar refractivity (Wildman–Crippen MR) is 110 cm³/mol. The van der Waals surface area contributed by atoms with Crippen molar-refractivity contribution in [3.63, 3.8) is 0 Å². The lowest BCUT2D eigenvalue weighted by molar-refractivity contribution is 0.687. The average Bonchev–Trinajstić information content (AvgIpc) is 3.24. The second kappa shape index (κ2) is 7.74. The highest BCUT2D eigenvalue weighted by atomic mass is 15.3. The summed E-state index contributed by atoms with van der Waals surface area (Å²) in [6, 6.07) is 10.3. The van der Waals surface area contributed by atoms with Gasteiger partial charge in [-0.15, -0.1) is 0 Å². The van der Waals surface area contributed by atoms with Crippen molar-refractivity contribution in [1.82, 2.24) is 14.8 Å². The molecule has 0 atom stereocenters. The Balaban J connectivity index is 1.78. The summed E-state index contributed by atoms with van der Waals surface area (Å²) in [5.41, 5.74) is 5.11. The number of hydrogen-bond donors (Lipinski definition) is 2. The van der Waals surface area contributed by atoms with Crippen LogP contribution in [0.3, 0.4) is 0 Å².